The second-order valence-electron chi connectivity index (χ2n) is 4.84. The molecule has 0 N–H and O–H groups in total. The van der Waals surface area contributed by atoms with Crippen LogP contribution in [0.1, 0.15) is 26.2 Å². The molecule has 0 saturated carbocycles. The van der Waals surface area contributed by atoms with Crippen LogP contribution in [0, 0.1) is 5.41 Å². The summed E-state index contributed by atoms with van der Waals surface area (Å²) < 4.78 is 5.36. The van der Waals surface area contributed by atoms with E-state index in [4.69, 9.17) is 4.74 Å². The van der Waals surface area contributed by atoms with Gasteiger partial charge in [-0.15, -0.1) is 11.8 Å². The number of hydrogen-bond acceptors (Lipinski definition) is 2. The van der Waals surface area contributed by atoms with E-state index < -0.39 is 0 Å². The lowest BCUT2D eigenvalue weighted by Crippen LogP contribution is -2.10. The van der Waals surface area contributed by atoms with Gasteiger partial charge < -0.3 is 4.74 Å². The molecule has 0 heterocycles. The molecule has 1 aliphatic rings. The van der Waals surface area contributed by atoms with Crippen LogP contribution in [0.2, 0.25) is 0 Å². The molecule has 92 valence electrons. The Kier molecular flexibility index (Phi) is 4.16. The predicted octanol–water partition coefficient (Wildman–Crippen LogP) is 4.53. The fourth-order valence-electron chi connectivity index (χ4n) is 2.20. The lowest BCUT2D eigenvalue weighted by atomic mass is 9.87. The van der Waals surface area contributed by atoms with Crippen molar-refractivity contribution in [2.45, 2.75) is 31.1 Å². The van der Waals surface area contributed by atoms with E-state index in [9.17, 15) is 0 Å². The van der Waals surface area contributed by atoms with Gasteiger partial charge in [-0.2, -0.15) is 0 Å². The second-order valence-corrected chi connectivity index (χ2v) is 5.98. The van der Waals surface area contributed by atoms with Crippen LogP contribution in [0.3, 0.4) is 0 Å². The first-order chi connectivity index (χ1) is 8.23. The van der Waals surface area contributed by atoms with Crippen LogP contribution in [0.5, 0.6) is 5.75 Å². The Morgan fingerprint density at radius 2 is 2.18 bits per heavy atom. The van der Waals surface area contributed by atoms with Gasteiger partial charge in [0.2, 0.25) is 0 Å². The molecule has 0 aliphatic heterocycles. The van der Waals surface area contributed by atoms with E-state index in [0.717, 1.165) is 11.5 Å². The Hall–Kier alpha value is -0.890. The molecule has 0 radical (unpaired) electrons. The predicted molar refractivity (Wildman–Crippen MR) is 74.8 cm³/mol. The van der Waals surface area contributed by atoms with Crippen LogP contribution in [-0.2, 0) is 0 Å². The van der Waals surface area contributed by atoms with Gasteiger partial charge in [0.05, 0.1) is 7.11 Å². The molecule has 0 saturated heterocycles. The quantitative estimate of drug-likeness (QED) is 0.559. The smallest absolute Gasteiger partial charge is 0.132 e. The van der Waals surface area contributed by atoms with Crippen molar-refractivity contribution >= 4 is 11.8 Å². The molecule has 0 fully saturated rings. The zero-order valence-electron chi connectivity index (χ0n) is 10.6. The van der Waals surface area contributed by atoms with E-state index in [2.05, 4.69) is 31.2 Å². The molecule has 0 spiro atoms. The minimum absolute atomic E-state index is 0.426. The van der Waals surface area contributed by atoms with E-state index >= 15 is 0 Å². The first-order valence-electron chi connectivity index (χ1n) is 6.17. The van der Waals surface area contributed by atoms with Crippen molar-refractivity contribution in [3.05, 3.63) is 36.4 Å². The Labute approximate surface area is 108 Å². The lowest BCUT2D eigenvalue weighted by Gasteiger charge is -2.21. The zero-order valence-corrected chi connectivity index (χ0v) is 11.4. The molecule has 0 unspecified atom stereocenters. The number of thioether (sulfide) groups is 1. The maximum absolute atomic E-state index is 5.36. The molecular formula is C15H20OS. The zero-order chi connectivity index (χ0) is 12.1. The van der Waals surface area contributed by atoms with Crippen molar-refractivity contribution in [3.63, 3.8) is 0 Å². The highest BCUT2D eigenvalue weighted by Crippen LogP contribution is 2.38. The van der Waals surface area contributed by atoms with E-state index in [1.165, 1.54) is 24.2 Å². The molecular weight excluding hydrogens is 228 g/mol. The summed E-state index contributed by atoms with van der Waals surface area (Å²) in [5.41, 5.74) is 0.426. The third-order valence-corrected chi connectivity index (χ3v) is 4.46. The van der Waals surface area contributed by atoms with Gasteiger partial charge >= 0.3 is 0 Å². The Balaban J connectivity index is 1.87. The summed E-state index contributed by atoms with van der Waals surface area (Å²) in [5, 5.41) is 0. The number of methoxy groups -OCH3 is 1. The summed E-state index contributed by atoms with van der Waals surface area (Å²) in [4.78, 5) is 1.25. The highest BCUT2D eigenvalue weighted by atomic mass is 32.2. The van der Waals surface area contributed by atoms with Crippen LogP contribution in [0.4, 0.5) is 0 Å². The Bertz CT molecular complexity index is 400. The summed E-state index contributed by atoms with van der Waals surface area (Å²) in [6.07, 6.45) is 8.49. The van der Waals surface area contributed by atoms with Crippen LogP contribution in [0.15, 0.2) is 41.3 Å². The maximum atomic E-state index is 5.36. The summed E-state index contributed by atoms with van der Waals surface area (Å²) in [6, 6.07) is 8.25. The van der Waals surface area contributed by atoms with Crippen molar-refractivity contribution in [1.29, 1.82) is 0 Å². The van der Waals surface area contributed by atoms with Gasteiger partial charge in [0.25, 0.3) is 0 Å². The highest BCUT2D eigenvalue weighted by molar-refractivity contribution is 7.99. The normalized spacial score (nSPS) is 22.9. The van der Waals surface area contributed by atoms with Gasteiger partial charge in [0.1, 0.15) is 5.75 Å². The fourth-order valence-corrected chi connectivity index (χ4v) is 3.46. The number of rotatable bonds is 5. The van der Waals surface area contributed by atoms with E-state index in [1.54, 1.807) is 7.11 Å². The standard InChI is InChI=1S/C15H20OS/c1-15(9-5-6-10-15)11-12-17-14-8-4-3-7-13(14)16-2/h3-5,7-9H,6,10-12H2,1-2H3/t15-/m0/s1. The van der Waals surface area contributed by atoms with Crippen LogP contribution >= 0.6 is 11.8 Å². The maximum Gasteiger partial charge on any atom is 0.132 e. The van der Waals surface area contributed by atoms with Gasteiger partial charge in [-0.3, -0.25) is 0 Å². The number of allylic oxidation sites excluding steroid dienone is 2. The molecule has 1 aliphatic carbocycles. The Morgan fingerprint density at radius 1 is 1.35 bits per heavy atom. The van der Waals surface area contributed by atoms with Crippen molar-refractivity contribution in [2.24, 2.45) is 5.41 Å². The molecule has 1 nitrogen and oxygen atoms in total. The molecule has 2 heteroatoms. The van der Waals surface area contributed by atoms with Crippen molar-refractivity contribution in [3.8, 4) is 5.75 Å². The van der Waals surface area contributed by atoms with E-state index in [1.807, 2.05) is 23.9 Å². The summed E-state index contributed by atoms with van der Waals surface area (Å²) in [6.45, 7) is 2.36. The number of benzene rings is 1. The van der Waals surface area contributed by atoms with Crippen LogP contribution in [0.25, 0.3) is 0 Å². The summed E-state index contributed by atoms with van der Waals surface area (Å²) in [5.74, 6) is 2.14. The minimum Gasteiger partial charge on any atom is -0.496 e. The minimum atomic E-state index is 0.426. The third kappa shape index (κ3) is 3.29. The third-order valence-electron chi connectivity index (χ3n) is 3.40. The fraction of sp³-hybridized carbons (Fsp3) is 0.467. The number of hydrogen-bond donors (Lipinski definition) is 0. The molecule has 17 heavy (non-hydrogen) atoms. The summed E-state index contributed by atoms with van der Waals surface area (Å²) >= 11 is 1.90. The largest absolute Gasteiger partial charge is 0.496 e. The SMILES string of the molecule is COc1ccccc1SCC[C@@]1(C)C=CCC1. The first kappa shape index (κ1) is 12.6. The average molecular weight is 248 g/mol. The summed E-state index contributed by atoms with van der Waals surface area (Å²) in [7, 11) is 1.74. The van der Waals surface area contributed by atoms with Gasteiger partial charge in [-0.05, 0) is 42.6 Å². The van der Waals surface area contributed by atoms with Gasteiger partial charge in [-0.25, -0.2) is 0 Å². The monoisotopic (exact) mass is 248 g/mol. The van der Waals surface area contributed by atoms with E-state index in [-0.39, 0.29) is 0 Å². The van der Waals surface area contributed by atoms with Gasteiger partial charge in [0.15, 0.2) is 0 Å². The molecule has 0 amide bonds. The van der Waals surface area contributed by atoms with Crippen molar-refractivity contribution in [2.75, 3.05) is 12.9 Å². The Morgan fingerprint density at radius 3 is 2.88 bits per heavy atom. The van der Waals surface area contributed by atoms with Gasteiger partial charge in [0, 0.05) is 4.90 Å². The van der Waals surface area contributed by atoms with Crippen LogP contribution < -0.4 is 4.74 Å². The molecule has 0 bridgehead atoms. The molecule has 1 aromatic carbocycles. The number of ether oxygens (including phenoxy) is 1. The lowest BCUT2D eigenvalue weighted by molar-refractivity contribution is 0.402. The van der Waals surface area contributed by atoms with Crippen molar-refractivity contribution < 1.29 is 4.74 Å². The second kappa shape index (κ2) is 5.63. The van der Waals surface area contributed by atoms with E-state index in [0.29, 0.717) is 5.41 Å². The van der Waals surface area contributed by atoms with Gasteiger partial charge in [-0.1, -0.05) is 31.2 Å². The topological polar surface area (TPSA) is 9.23 Å². The molecule has 1 atom stereocenters. The molecule has 2 rings (SSSR count). The van der Waals surface area contributed by atoms with Crippen LogP contribution in [-0.4, -0.2) is 12.9 Å². The molecule has 0 aromatic heterocycles. The number of para-hydroxylation sites is 1. The first-order valence-corrected chi connectivity index (χ1v) is 7.16. The highest BCUT2D eigenvalue weighted by Gasteiger charge is 2.23. The average Bonchev–Trinajstić information content (AvgIpc) is 2.77. The molecule has 1 aromatic rings. The van der Waals surface area contributed by atoms with Crippen molar-refractivity contribution in [1.82, 2.24) is 0 Å².